The van der Waals surface area contributed by atoms with Crippen LogP contribution in [-0.4, -0.2) is 0 Å². The van der Waals surface area contributed by atoms with Crippen molar-refractivity contribution in [2.75, 3.05) is 5.32 Å². The van der Waals surface area contributed by atoms with Gasteiger partial charge in [-0.2, -0.15) is 0 Å². The molecule has 5 aromatic rings. The molecule has 2 aliphatic carbocycles. The quantitative estimate of drug-likeness (QED) is 0.295. The molecule has 4 aromatic carbocycles. The SMILES string of the molecule is CC1(C)c2ccccc2C2C=CC(Nc3ccc(-c4cccc5oc6ccccc6c45)cc3)=CC21. The zero-order valence-electron chi connectivity index (χ0n) is 20.0. The van der Waals surface area contributed by atoms with Crippen molar-refractivity contribution in [3.63, 3.8) is 0 Å². The predicted octanol–water partition coefficient (Wildman–Crippen LogP) is 8.81. The van der Waals surface area contributed by atoms with Gasteiger partial charge in [0.05, 0.1) is 0 Å². The van der Waals surface area contributed by atoms with Gasteiger partial charge in [-0.15, -0.1) is 0 Å². The average Bonchev–Trinajstić information content (AvgIpc) is 3.38. The third-order valence-electron chi connectivity index (χ3n) is 7.96. The zero-order chi connectivity index (χ0) is 23.6. The minimum absolute atomic E-state index is 0.120. The molecular formula is C33H27NO. The first-order chi connectivity index (χ1) is 17.1. The Balaban J connectivity index is 1.19. The Morgan fingerprint density at radius 2 is 1.54 bits per heavy atom. The Morgan fingerprint density at radius 1 is 0.771 bits per heavy atom. The normalized spacial score (nSPS) is 20.0. The molecule has 0 spiro atoms. The van der Waals surface area contributed by atoms with Crippen LogP contribution in [0.25, 0.3) is 33.1 Å². The van der Waals surface area contributed by atoms with Gasteiger partial charge in [-0.25, -0.2) is 0 Å². The highest BCUT2D eigenvalue weighted by molar-refractivity contribution is 6.12. The van der Waals surface area contributed by atoms with E-state index in [1.807, 2.05) is 18.2 Å². The van der Waals surface area contributed by atoms with Crippen LogP contribution < -0.4 is 5.32 Å². The van der Waals surface area contributed by atoms with E-state index in [-0.39, 0.29) is 5.41 Å². The van der Waals surface area contributed by atoms with Crippen molar-refractivity contribution < 1.29 is 4.42 Å². The van der Waals surface area contributed by atoms with Crippen molar-refractivity contribution in [1.29, 1.82) is 0 Å². The number of nitrogens with one attached hydrogen (secondary N) is 1. The van der Waals surface area contributed by atoms with Gasteiger partial charge in [0.2, 0.25) is 0 Å². The second kappa shape index (κ2) is 7.48. The van der Waals surface area contributed by atoms with Crippen LogP contribution in [0.5, 0.6) is 0 Å². The molecule has 2 unspecified atom stereocenters. The highest BCUT2D eigenvalue weighted by Gasteiger charge is 2.44. The lowest BCUT2D eigenvalue weighted by molar-refractivity contribution is 0.393. The van der Waals surface area contributed by atoms with Gasteiger partial charge >= 0.3 is 0 Å². The van der Waals surface area contributed by atoms with Gasteiger partial charge < -0.3 is 9.73 Å². The summed E-state index contributed by atoms with van der Waals surface area (Å²) in [5.41, 5.74) is 9.58. The van der Waals surface area contributed by atoms with Crippen LogP contribution in [0, 0.1) is 5.92 Å². The Bertz CT molecular complexity index is 1650. The molecule has 35 heavy (non-hydrogen) atoms. The maximum absolute atomic E-state index is 6.09. The topological polar surface area (TPSA) is 25.2 Å². The maximum atomic E-state index is 6.09. The molecule has 2 atom stereocenters. The van der Waals surface area contributed by atoms with E-state index < -0.39 is 0 Å². The van der Waals surface area contributed by atoms with Gasteiger partial charge in [-0.05, 0) is 63.9 Å². The summed E-state index contributed by atoms with van der Waals surface area (Å²) in [6.45, 7) is 4.75. The average molecular weight is 454 g/mol. The van der Waals surface area contributed by atoms with Crippen LogP contribution in [-0.2, 0) is 5.41 Å². The zero-order valence-corrected chi connectivity index (χ0v) is 20.0. The Morgan fingerprint density at radius 3 is 2.43 bits per heavy atom. The largest absolute Gasteiger partial charge is 0.456 e. The molecule has 7 rings (SSSR count). The lowest BCUT2D eigenvalue weighted by atomic mass is 9.74. The molecule has 1 N–H and O–H groups in total. The van der Waals surface area contributed by atoms with E-state index in [1.165, 1.54) is 33.3 Å². The van der Waals surface area contributed by atoms with Gasteiger partial charge in [-0.1, -0.05) is 92.7 Å². The molecule has 0 saturated carbocycles. The monoisotopic (exact) mass is 453 g/mol. The molecule has 170 valence electrons. The number of benzene rings is 4. The number of anilines is 1. The number of hydrogen-bond acceptors (Lipinski definition) is 2. The van der Waals surface area contributed by atoms with Crippen molar-refractivity contribution in [2.45, 2.75) is 25.2 Å². The van der Waals surface area contributed by atoms with Crippen molar-refractivity contribution in [3.8, 4) is 11.1 Å². The molecule has 0 aliphatic heterocycles. The molecule has 2 aliphatic rings. The molecule has 2 heteroatoms. The highest BCUT2D eigenvalue weighted by Crippen LogP contribution is 2.53. The molecule has 0 fully saturated rings. The van der Waals surface area contributed by atoms with E-state index in [0.29, 0.717) is 11.8 Å². The van der Waals surface area contributed by atoms with Crippen LogP contribution in [0.2, 0.25) is 0 Å². The molecule has 2 nitrogen and oxygen atoms in total. The van der Waals surface area contributed by atoms with E-state index in [0.717, 1.165) is 22.2 Å². The summed E-state index contributed by atoms with van der Waals surface area (Å²) in [4.78, 5) is 0. The van der Waals surface area contributed by atoms with E-state index in [1.54, 1.807) is 0 Å². The third-order valence-corrected chi connectivity index (χ3v) is 7.96. The number of furan rings is 1. The number of para-hydroxylation sites is 1. The summed E-state index contributed by atoms with van der Waals surface area (Å²) < 4.78 is 6.09. The Hall–Kier alpha value is -4.04. The van der Waals surface area contributed by atoms with Gasteiger partial charge in [0, 0.05) is 28.1 Å². The lowest BCUT2D eigenvalue weighted by Crippen LogP contribution is -2.26. The van der Waals surface area contributed by atoms with Crippen LogP contribution in [0.1, 0.15) is 30.9 Å². The summed E-state index contributed by atoms with van der Waals surface area (Å²) in [5, 5.41) is 5.99. The summed E-state index contributed by atoms with van der Waals surface area (Å²) >= 11 is 0. The Labute approximate surface area is 205 Å². The Kier molecular flexibility index (Phi) is 4.35. The first-order valence-electron chi connectivity index (χ1n) is 12.4. The smallest absolute Gasteiger partial charge is 0.136 e. The molecule has 0 bridgehead atoms. The number of hydrogen-bond donors (Lipinski definition) is 1. The fourth-order valence-corrected chi connectivity index (χ4v) is 6.19. The number of allylic oxidation sites excluding steroid dienone is 3. The highest BCUT2D eigenvalue weighted by atomic mass is 16.3. The fourth-order valence-electron chi connectivity index (χ4n) is 6.19. The molecular weight excluding hydrogens is 426 g/mol. The molecule has 1 aromatic heterocycles. The molecule has 1 heterocycles. The van der Waals surface area contributed by atoms with E-state index >= 15 is 0 Å². The molecule has 0 amide bonds. The summed E-state index contributed by atoms with van der Waals surface area (Å²) in [6.07, 6.45) is 7.04. The molecule has 0 saturated heterocycles. The second-order valence-electron chi connectivity index (χ2n) is 10.3. The van der Waals surface area contributed by atoms with Crippen LogP contribution in [0.3, 0.4) is 0 Å². The van der Waals surface area contributed by atoms with E-state index in [9.17, 15) is 0 Å². The van der Waals surface area contributed by atoms with Crippen LogP contribution >= 0.6 is 0 Å². The van der Waals surface area contributed by atoms with E-state index in [4.69, 9.17) is 4.42 Å². The van der Waals surface area contributed by atoms with Crippen molar-refractivity contribution in [3.05, 3.63) is 126 Å². The van der Waals surface area contributed by atoms with Crippen molar-refractivity contribution in [1.82, 2.24) is 0 Å². The molecule has 0 radical (unpaired) electrons. The summed E-state index contributed by atoms with van der Waals surface area (Å²) in [5.74, 6) is 0.915. The van der Waals surface area contributed by atoms with Gasteiger partial charge in [0.15, 0.2) is 0 Å². The minimum Gasteiger partial charge on any atom is -0.456 e. The third kappa shape index (κ3) is 3.10. The van der Waals surface area contributed by atoms with Gasteiger partial charge in [0.25, 0.3) is 0 Å². The first-order valence-corrected chi connectivity index (χ1v) is 12.4. The fraction of sp³-hybridized carbons (Fsp3) is 0.152. The second-order valence-corrected chi connectivity index (χ2v) is 10.3. The van der Waals surface area contributed by atoms with Gasteiger partial charge in [-0.3, -0.25) is 0 Å². The number of rotatable bonds is 3. The summed E-state index contributed by atoms with van der Waals surface area (Å²) in [7, 11) is 0. The lowest BCUT2D eigenvalue weighted by Gasteiger charge is -2.31. The van der Waals surface area contributed by atoms with E-state index in [2.05, 4.69) is 110 Å². The standard InChI is InChI=1S/C33H27NO/c1-33(2)28-11-5-3-8-25(28)26-19-18-23(20-29(26)33)34-22-16-14-21(15-17-22)24-10-7-13-31-32(24)27-9-4-6-12-30(27)35-31/h3-20,26,29,34H,1-2H3. The van der Waals surface area contributed by atoms with Crippen LogP contribution in [0.4, 0.5) is 5.69 Å². The maximum Gasteiger partial charge on any atom is 0.136 e. The minimum atomic E-state index is 0.120. The van der Waals surface area contributed by atoms with Crippen molar-refractivity contribution >= 4 is 27.6 Å². The summed E-state index contributed by atoms with van der Waals surface area (Å²) in [6, 6.07) is 32.2. The number of fused-ring (bicyclic) bond motifs is 6. The van der Waals surface area contributed by atoms with Gasteiger partial charge in [0.1, 0.15) is 11.2 Å². The first kappa shape index (κ1) is 20.3. The predicted molar refractivity (Wildman–Crippen MR) is 146 cm³/mol. The van der Waals surface area contributed by atoms with Crippen LogP contribution in [0.15, 0.2) is 119 Å². The van der Waals surface area contributed by atoms with Crippen molar-refractivity contribution in [2.24, 2.45) is 5.92 Å².